The van der Waals surface area contributed by atoms with E-state index in [1.54, 1.807) is 0 Å². The number of aromatic hydroxyl groups is 1. The smallest absolute Gasteiger partial charge is 0.255 e. The van der Waals surface area contributed by atoms with Crippen molar-refractivity contribution in [1.29, 1.82) is 0 Å². The summed E-state index contributed by atoms with van der Waals surface area (Å²) in [6.07, 6.45) is 2.96. The first kappa shape index (κ1) is 14.8. The van der Waals surface area contributed by atoms with E-state index in [1.165, 1.54) is 12.1 Å². The Kier molecular flexibility index (Phi) is 4.95. The number of nitrogens with zero attached hydrogens (tertiary/aromatic N) is 1. The first-order chi connectivity index (χ1) is 9.60. The summed E-state index contributed by atoms with van der Waals surface area (Å²) in [6.45, 7) is 5.22. The number of phenolic OH excluding ortho intramolecular Hbond substituents is 1. The Hall–Kier alpha value is -1.62. The first-order valence-electron chi connectivity index (χ1n) is 7.12. The van der Waals surface area contributed by atoms with Crippen molar-refractivity contribution in [1.82, 2.24) is 10.2 Å². The Balaban J connectivity index is 1.89. The molecule has 1 aromatic carbocycles. The zero-order chi connectivity index (χ0) is 14.5. The molecule has 0 unspecified atom stereocenters. The number of carbonyl (C=O) groups excluding carboxylic acids is 1. The van der Waals surface area contributed by atoms with E-state index in [4.69, 9.17) is 0 Å². The Morgan fingerprint density at radius 3 is 2.75 bits per heavy atom. The maximum Gasteiger partial charge on any atom is 0.255 e. The van der Waals surface area contributed by atoms with E-state index in [-0.39, 0.29) is 23.3 Å². The van der Waals surface area contributed by atoms with Crippen molar-refractivity contribution in [3.63, 3.8) is 0 Å². The van der Waals surface area contributed by atoms with Crippen molar-refractivity contribution < 1.29 is 14.3 Å². The van der Waals surface area contributed by atoms with Crippen molar-refractivity contribution in [3.8, 4) is 5.75 Å². The molecule has 0 saturated carbocycles. The van der Waals surface area contributed by atoms with Gasteiger partial charge in [0.15, 0.2) is 0 Å². The summed E-state index contributed by atoms with van der Waals surface area (Å²) in [5, 5.41) is 12.5. The molecule has 1 aliphatic heterocycles. The van der Waals surface area contributed by atoms with Crippen LogP contribution < -0.4 is 5.32 Å². The lowest BCUT2D eigenvalue weighted by Crippen LogP contribution is -2.44. The van der Waals surface area contributed by atoms with Gasteiger partial charge in [-0.1, -0.05) is 6.92 Å². The van der Waals surface area contributed by atoms with E-state index in [2.05, 4.69) is 17.1 Å². The van der Waals surface area contributed by atoms with Crippen LogP contribution in [0.5, 0.6) is 5.75 Å². The average Bonchev–Trinajstić information content (AvgIpc) is 2.41. The summed E-state index contributed by atoms with van der Waals surface area (Å²) in [7, 11) is 0. The fraction of sp³-hybridized carbons (Fsp3) is 0.533. The molecule has 0 bridgehead atoms. The number of phenols is 1. The highest BCUT2D eigenvalue weighted by molar-refractivity contribution is 5.96. The van der Waals surface area contributed by atoms with Gasteiger partial charge in [0.1, 0.15) is 11.6 Å². The third kappa shape index (κ3) is 3.70. The number of hydrogen-bond donors (Lipinski definition) is 2. The number of benzene rings is 1. The SMILES string of the molecule is CCCN1CCC(NC(=O)c2ccc(F)cc2O)CC1. The lowest BCUT2D eigenvalue weighted by atomic mass is 10.0. The van der Waals surface area contributed by atoms with Gasteiger partial charge in [-0.15, -0.1) is 0 Å². The van der Waals surface area contributed by atoms with E-state index >= 15 is 0 Å². The van der Waals surface area contributed by atoms with Crippen LogP contribution in [0.2, 0.25) is 0 Å². The molecule has 0 radical (unpaired) electrons. The van der Waals surface area contributed by atoms with Crippen LogP contribution in [0, 0.1) is 5.82 Å². The molecule has 0 atom stereocenters. The number of likely N-dealkylation sites (tertiary alicyclic amines) is 1. The van der Waals surface area contributed by atoms with Gasteiger partial charge in [0, 0.05) is 25.2 Å². The van der Waals surface area contributed by atoms with Crippen molar-refractivity contribution in [2.75, 3.05) is 19.6 Å². The molecule has 0 spiro atoms. The largest absolute Gasteiger partial charge is 0.507 e. The summed E-state index contributed by atoms with van der Waals surface area (Å²) < 4.78 is 12.9. The molecular formula is C15H21FN2O2. The lowest BCUT2D eigenvalue weighted by molar-refractivity contribution is 0.0908. The second kappa shape index (κ2) is 6.70. The monoisotopic (exact) mass is 280 g/mol. The van der Waals surface area contributed by atoms with Crippen LogP contribution in [-0.4, -0.2) is 41.6 Å². The summed E-state index contributed by atoms with van der Waals surface area (Å²) >= 11 is 0. The number of nitrogens with one attached hydrogen (secondary N) is 1. The minimum Gasteiger partial charge on any atom is -0.507 e. The second-order valence-corrected chi connectivity index (χ2v) is 5.25. The molecule has 1 amide bonds. The van der Waals surface area contributed by atoms with Gasteiger partial charge in [-0.25, -0.2) is 4.39 Å². The van der Waals surface area contributed by atoms with Gasteiger partial charge in [-0.3, -0.25) is 4.79 Å². The van der Waals surface area contributed by atoms with Crippen LogP contribution >= 0.6 is 0 Å². The zero-order valence-corrected chi connectivity index (χ0v) is 11.7. The van der Waals surface area contributed by atoms with Crippen molar-refractivity contribution in [2.24, 2.45) is 0 Å². The fourth-order valence-corrected chi connectivity index (χ4v) is 2.58. The molecule has 1 fully saturated rings. The minimum absolute atomic E-state index is 0.125. The Bertz CT molecular complexity index is 471. The fourth-order valence-electron chi connectivity index (χ4n) is 2.58. The summed E-state index contributed by atoms with van der Waals surface area (Å²) in [5.41, 5.74) is 0.127. The molecule has 110 valence electrons. The number of piperidine rings is 1. The Labute approximate surface area is 118 Å². The third-order valence-corrected chi connectivity index (χ3v) is 3.67. The van der Waals surface area contributed by atoms with Crippen molar-refractivity contribution >= 4 is 5.91 Å². The van der Waals surface area contributed by atoms with Gasteiger partial charge in [-0.05, 0) is 37.9 Å². The zero-order valence-electron chi connectivity index (χ0n) is 11.7. The average molecular weight is 280 g/mol. The summed E-state index contributed by atoms with van der Waals surface area (Å²) in [4.78, 5) is 14.4. The topological polar surface area (TPSA) is 52.6 Å². The van der Waals surface area contributed by atoms with E-state index in [0.29, 0.717) is 0 Å². The molecule has 5 heteroatoms. The van der Waals surface area contributed by atoms with Crippen LogP contribution in [0.3, 0.4) is 0 Å². The normalized spacial score (nSPS) is 17.1. The molecule has 1 aliphatic rings. The van der Waals surface area contributed by atoms with E-state index in [9.17, 15) is 14.3 Å². The van der Waals surface area contributed by atoms with E-state index < -0.39 is 5.82 Å². The van der Waals surface area contributed by atoms with Gasteiger partial charge in [0.05, 0.1) is 5.56 Å². The number of hydrogen-bond acceptors (Lipinski definition) is 3. The Morgan fingerprint density at radius 1 is 1.45 bits per heavy atom. The maximum atomic E-state index is 12.9. The molecule has 1 aromatic rings. The van der Waals surface area contributed by atoms with Crippen molar-refractivity contribution in [3.05, 3.63) is 29.6 Å². The summed E-state index contributed by atoms with van der Waals surface area (Å²) in [5.74, 6) is -1.20. The van der Waals surface area contributed by atoms with E-state index in [1.807, 2.05) is 0 Å². The Morgan fingerprint density at radius 2 is 2.15 bits per heavy atom. The van der Waals surface area contributed by atoms with Crippen molar-refractivity contribution in [2.45, 2.75) is 32.2 Å². The molecule has 0 aliphatic carbocycles. The number of carbonyl (C=O) groups is 1. The number of halogens is 1. The molecule has 1 saturated heterocycles. The van der Waals surface area contributed by atoms with Crippen LogP contribution in [0.25, 0.3) is 0 Å². The molecular weight excluding hydrogens is 259 g/mol. The molecule has 2 rings (SSSR count). The van der Waals surface area contributed by atoms with Gasteiger partial charge in [0.2, 0.25) is 0 Å². The van der Waals surface area contributed by atoms with Crippen LogP contribution in [0.15, 0.2) is 18.2 Å². The maximum absolute atomic E-state index is 12.9. The second-order valence-electron chi connectivity index (χ2n) is 5.25. The highest BCUT2D eigenvalue weighted by Gasteiger charge is 2.21. The number of amides is 1. The molecule has 2 N–H and O–H groups in total. The van der Waals surface area contributed by atoms with E-state index in [0.717, 1.165) is 45.0 Å². The van der Waals surface area contributed by atoms with Gasteiger partial charge < -0.3 is 15.3 Å². The molecule has 0 aromatic heterocycles. The predicted octanol–water partition coefficient (Wildman–Crippen LogP) is 2.14. The number of rotatable bonds is 4. The van der Waals surface area contributed by atoms with Gasteiger partial charge >= 0.3 is 0 Å². The van der Waals surface area contributed by atoms with Crippen LogP contribution in [-0.2, 0) is 0 Å². The third-order valence-electron chi connectivity index (χ3n) is 3.67. The predicted molar refractivity (Wildman–Crippen MR) is 75.3 cm³/mol. The van der Waals surface area contributed by atoms with Gasteiger partial charge in [-0.2, -0.15) is 0 Å². The molecule has 4 nitrogen and oxygen atoms in total. The first-order valence-corrected chi connectivity index (χ1v) is 7.12. The summed E-state index contributed by atoms with van der Waals surface area (Å²) in [6, 6.07) is 3.57. The van der Waals surface area contributed by atoms with Crippen LogP contribution in [0.4, 0.5) is 4.39 Å². The van der Waals surface area contributed by atoms with Gasteiger partial charge in [0.25, 0.3) is 5.91 Å². The molecule has 20 heavy (non-hydrogen) atoms. The molecule has 1 heterocycles. The quantitative estimate of drug-likeness (QED) is 0.888. The standard InChI is InChI=1S/C15H21FN2O2/c1-2-7-18-8-5-12(6-9-18)17-15(20)13-4-3-11(16)10-14(13)19/h3-4,10,12,19H,2,5-9H2,1H3,(H,17,20). The highest BCUT2D eigenvalue weighted by Crippen LogP contribution is 2.19. The lowest BCUT2D eigenvalue weighted by Gasteiger charge is -2.32. The van der Waals surface area contributed by atoms with Crippen LogP contribution in [0.1, 0.15) is 36.5 Å². The highest BCUT2D eigenvalue weighted by atomic mass is 19.1. The minimum atomic E-state index is -0.549.